The van der Waals surface area contributed by atoms with Gasteiger partial charge in [0.05, 0.1) is 12.8 Å². The minimum atomic E-state index is -0.934. The highest BCUT2D eigenvalue weighted by atomic mass is 32.2. The molecular weight excluding hydrogens is 210 g/mol. The zero-order chi connectivity index (χ0) is 11.4. The molecule has 1 atom stereocenters. The van der Waals surface area contributed by atoms with Gasteiger partial charge in [-0.15, -0.1) is 0 Å². The van der Waals surface area contributed by atoms with Crippen LogP contribution in [0.5, 0.6) is 5.75 Å². The molecule has 15 heavy (non-hydrogen) atoms. The molecule has 0 saturated heterocycles. The van der Waals surface area contributed by atoms with Gasteiger partial charge in [-0.25, -0.2) is 0 Å². The van der Waals surface area contributed by atoms with Crippen molar-refractivity contribution in [2.75, 3.05) is 12.9 Å². The molecule has 1 aromatic rings. The Labute approximate surface area is 94.0 Å². The van der Waals surface area contributed by atoms with Crippen LogP contribution in [0, 0.1) is 20.8 Å². The maximum Gasteiger partial charge on any atom is 0.147 e. The molecular formula is C11H16NO2S. The summed E-state index contributed by atoms with van der Waals surface area (Å²) in [6.45, 7) is 7.50. The molecule has 1 rings (SSSR count). The van der Waals surface area contributed by atoms with Crippen LogP contribution >= 0.6 is 0 Å². The van der Waals surface area contributed by atoms with E-state index in [1.807, 2.05) is 13.8 Å². The molecule has 83 valence electrons. The first-order valence-corrected chi connectivity index (χ1v) is 6.22. The standard InChI is InChI=1S/C11H16NO2S/c1-5-15(13)7-10-9(3)11(14-4)8(2)6-12-10/h6H,1,5,7H2,2-4H3/t15-/m0/s1. The van der Waals surface area contributed by atoms with E-state index < -0.39 is 11.2 Å². The van der Waals surface area contributed by atoms with Gasteiger partial charge >= 0.3 is 0 Å². The molecule has 1 aromatic heterocycles. The quantitative estimate of drug-likeness (QED) is 0.735. The fourth-order valence-corrected chi connectivity index (χ4v) is 2.18. The van der Waals surface area contributed by atoms with E-state index >= 15 is 0 Å². The summed E-state index contributed by atoms with van der Waals surface area (Å²) in [5.41, 5.74) is 2.80. The molecule has 0 fully saturated rings. The highest BCUT2D eigenvalue weighted by Gasteiger charge is 2.13. The first kappa shape index (κ1) is 12.3. The lowest BCUT2D eigenvalue weighted by Crippen LogP contribution is -2.10. The van der Waals surface area contributed by atoms with Gasteiger partial charge in [0.15, 0.2) is 0 Å². The summed E-state index contributed by atoms with van der Waals surface area (Å²) in [5.74, 6) is 1.70. The van der Waals surface area contributed by atoms with Crippen LogP contribution in [0.4, 0.5) is 0 Å². The normalized spacial score (nSPS) is 12.6. The van der Waals surface area contributed by atoms with Gasteiger partial charge < -0.3 is 9.29 Å². The summed E-state index contributed by atoms with van der Waals surface area (Å²) in [7, 11) is 1.64. The van der Waals surface area contributed by atoms with E-state index in [9.17, 15) is 4.55 Å². The van der Waals surface area contributed by atoms with E-state index in [1.54, 1.807) is 13.3 Å². The van der Waals surface area contributed by atoms with Crippen LogP contribution < -0.4 is 4.74 Å². The van der Waals surface area contributed by atoms with E-state index in [1.165, 1.54) is 0 Å². The number of nitrogens with zero attached hydrogens (tertiary/aromatic N) is 1. The SMILES string of the molecule is [CH2]C[S@+]([O-])Cc1ncc(C)c(OC)c1C. The van der Waals surface area contributed by atoms with E-state index in [2.05, 4.69) is 11.9 Å². The third-order valence-electron chi connectivity index (χ3n) is 2.28. The Hall–Kier alpha value is -0.740. The predicted molar refractivity (Wildman–Crippen MR) is 62.3 cm³/mol. The summed E-state index contributed by atoms with van der Waals surface area (Å²) in [6.07, 6.45) is 1.75. The summed E-state index contributed by atoms with van der Waals surface area (Å²) >= 11 is -0.934. The van der Waals surface area contributed by atoms with Crippen LogP contribution in [0.2, 0.25) is 0 Å². The molecule has 3 nitrogen and oxygen atoms in total. The van der Waals surface area contributed by atoms with Gasteiger partial charge in [0.25, 0.3) is 0 Å². The van der Waals surface area contributed by atoms with Crippen LogP contribution in [0.3, 0.4) is 0 Å². The Balaban J connectivity index is 2.99. The lowest BCUT2D eigenvalue weighted by atomic mass is 10.1. The number of hydrogen-bond donors (Lipinski definition) is 0. The minimum absolute atomic E-state index is 0.414. The number of ether oxygens (including phenoxy) is 1. The zero-order valence-electron chi connectivity index (χ0n) is 9.37. The first-order chi connectivity index (χ1) is 7.10. The molecule has 0 aromatic carbocycles. The molecule has 0 amide bonds. The number of hydrogen-bond acceptors (Lipinski definition) is 3. The average Bonchev–Trinajstić information content (AvgIpc) is 2.23. The van der Waals surface area contributed by atoms with Crippen LogP contribution in [0.1, 0.15) is 16.8 Å². The van der Waals surface area contributed by atoms with Gasteiger partial charge in [0.1, 0.15) is 17.3 Å². The van der Waals surface area contributed by atoms with Crippen molar-refractivity contribution >= 4 is 11.2 Å². The third-order valence-corrected chi connectivity index (χ3v) is 3.33. The van der Waals surface area contributed by atoms with E-state index in [4.69, 9.17) is 4.74 Å². The highest BCUT2D eigenvalue weighted by molar-refractivity contribution is 7.90. The van der Waals surface area contributed by atoms with Crippen molar-refractivity contribution < 1.29 is 9.29 Å². The second-order valence-corrected chi connectivity index (χ2v) is 4.91. The molecule has 1 heterocycles. The van der Waals surface area contributed by atoms with Gasteiger partial charge in [-0.1, -0.05) is 0 Å². The van der Waals surface area contributed by atoms with Crippen molar-refractivity contribution in [2.24, 2.45) is 0 Å². The summed E-state index contributed by atoms with van der Waals surface area (Å²) < 4.78 is 16.7. The summed E-state index contributed by atoms with van der Waals surface area (Å²) in [5, 5.41) is 0. The largest absolute Gasteiger partial charge is 0.616 e. The minimum Gasteiger partial charge on any atom is -0.616 e. The van der Waals surface area contributed by atoms with E-state index in [0.29, 0.717) is 11.5 Å². The lowest BCUT2D eigenvalue weighted by Gasteiger charge is -2.13. The lowest BCUT2D eigenvalue weighted by molar-refractivity contribution is 0.407. The van der Waals surface area contributed by atoms with Crippen LogP contribution in [-0.2, 0) is 16.9 Å². The highest BCUT2D eigenvalue weighted by Crippen LogP contribution is 2.24. The zero-order valence-corrected chi connectivity index (χ0v) is 10.2. The molecule has 0 spiro atoms. The topological polar surface area (TPSA) is 45.2 Å². The van der Waals surface area contributed by atoms with Crippen molar-refractivity contribution in [3.8, 4) is 5.75 Å². The van der Waals surface area contributed by atoms with E-state index in [0.717, 1.165) is 22.6 Å². The second-order valence-electron chi connectivity index (χ2n) is 3.33. The van der Waals surface area contributed by atoms with Crippen molar-refractivity contribution in [1.82, 2.24) is 4.98 Å². The molecule has 0 bridgehead atoms. The molecule has 0 aliphatic heterocycles. The van der Waals surface area contributed by atoms with Gasteiger partial charge in [-0.3, -0.25) is 4.98 Å². The second kappa shape index (κ2) is 5.37. The summed E-state index contributed by atoms with van der Waals surface area (Å²) in [6, 6.07) is 0. The number of methoxy groups -OCH3 is 1. The summed E-state index contributed by atoms with van der Waals surface area (Å²) in [4.78, 5) is 4.27. The maximum absolute atomic E-state index is 11.4. The van der Waals surface area contributed by atoms with Gasteiger partial charge in [-0.2, -0.15) is 0 Å². The Morgan fingerprint density at radius 1 is 1.53 bits per heavy atom. The van der Waals surface area contributed by atoms with Gasteiger partial charge in [-0.05, 0) is 31.9 Å². The fraction of sp³-hybridized carbons (Fsp3) is 0.455. The number of rotatable bonds is 4. The monoisotopic (exact) mass is 226 g/mol. The van der Waals surface area contributed by atoms with Crippen molar-refractivity contribution in [1.29, 1.82) is 0 Å². The Kier molecular flexibility index (Phi) is 4.42. The fourth-order valence-electron chi connectivity index (χ4n) is 1.44. The first-order valence-electron chi connectivity index (χ1n) is 4.73. The van der Waals surface area contributed by atoms with Crippen LogP contribution in [0.15, 0.2) is 6.20 Å². The molecule has 0 N–H and O–H groups in total. The van der Waals surface area contributed by atoms with E-state index in [-0.39, 0.29) is 0 Å². The molecule has 0 aliphatic rings. The number of pyridine rings is 1. The van der Waals surface area contributed by atoms with Crippen molar-refractivity contribution in [3.63, 3.8) is 0 Å². The predicted octanol–water partition coefficient (Wildman–Crippen LogP) is 1.79. The van der Waals surface area contributed by atoms with Gasteiger partial charge in [0.2, 0.25) is 0 Å². The van der Waals surface area contributed by atoms with Crippen molar-refractivity contribution in [3.05, 3.63) is 29.9 Å². The Morgan fingerprint density at radius 2 is 2.20 bits per heavy atom. The average molecular weight is 226 g/mol. The molecule has 0 aliphatic carbocycles. The van der Waals surface area contributed by atoms with Crippen LogP contribution in [0.25, 0.3) is 0 Å². The molecule has 1 radical (unpaired) electrons. The smallest absolute Gasteiger partial charge is 0.147 e. The number of aryl methyl sites for hydroxylation is 1. The maximum atomic E-state index is 11.4. The third kappa shape index (κ3) is 2.86. The molecule has 4 heteroatoms. The Morgan fingerprint density at radius 3 is 2.73 bits per heavy atom. The van der Waals surface area contributed by atoms with Gasteiger partial charge in [0, 0.05) is 17.3 Å². The van der Waals surface area contributed by atoms with Crippen molar-refractivity contribution in [2.45, 2.75) is 19.6 Å². The molecule has 0 saturated carbocycles. The number of aromatic nitrogens is 1. The molecule has 0 unspecified atom stereocenters. The van der Waals surface area contributed by atoms with Crippen LogP contribution in [-0.4, -0.2) is 22.4 Å². The Bertz CT molecular complexity index is 342.